The molecular weight excluding hydrogens is 310 g/mol. The van der Waals surface area contributed by atoms with Crippen molar-refractivity contribution < 1.29 is 9.59 Å². The molecule has 24 heavy (non-hydrogen) atoms. The molecule has 0 spiro atoms. The molecule has 2 aromatic rings. The van der Waals surface area contributed by atoms with E-state index in [4.69, 9.17) is 5.73 Å². The van der Waals surface area contributed by atoms with E-state index in [1.807, 2.05) is 18.2 Å². The zero-order chi connectivity index (χ0) is 17.1. The van der Waals surface area contributed by atoms with Crippen LogP contribution in [0, 0.1) is 0 Å². The topological polar surface area (TPSA) is 118 Å². The van der Waals surface area contributed by atoms with Gasteiger partial charge >= 0.3 is 0 Å². The van der Waals surface area contributed by atoms with Crippen LogP contribution in [0.5, 0.6) is 0 Å². The molecule has 9 nitrogen and oxygen atoms in total. The third-order valence-corrected chi connectivity index (χ3v) is 3.73. The largest absolute Gasteiger partial charge is 0.368 e. The highest BCUT2D eigenvalue weighted by molar-refractivity contribution is 6.40. The molecule has 1 aliphatic heterocycles. The highest BCUT2D eigenvalue weighted by Crippen LogP contribution is 2.24. The Bertz CT molecular complexity index is 784. The van der Waals surface area contributed by atoms with Gasteiger partial charge < -0.3 is 15.6 Å². The minimum Gasteiger partial charge on any atom is -0.368 e. The van der Waals surface area contributed by atoms with E-state index >= 15 is 0 Å². The van der Waals surface area contributed by atoms with Crippen LogP contribution in [0.15, 0.2) is 41.8 Å². The lowest BCUT2D eigenvalue weighted by Crippen LogP contribution is -2.39. The van der Waals surface area contributed by atoms with Gasteiger partial charge in [0.1, 0.15) is 18.1 Å². The van der Waals surface area contributed by atoms with Gasteiger partial charge in [-0.05, 0) is 12.1 Å². The van der Waals surface area contributed by atoms with Gasteiger partial charge in [0, 0.05) is 13.5 Å². The van der Waals surface area contributed by atoms with Gasteiger partial charge in [-0.15, -0.1) is 10.2 Å². The number of hydrogen-bond donors (Lipinski definition) is 2. The van der Waals surface area contributed by atoms with Crippen LogP contribution < -0.4 is 16.1 Å². The number of nitrogens with two attached hydrogens (primary N) is 1. The molecule has 0 bridgehead atoms. The number of primary amides is 1. The van der Waals surface area contributed by atoms with Crippen molar-refractivity contribution in [2.75, 3.05) is 5.01 Å². The number of para-hydroxylation sites is 1. The summed E-state index contributed by atoms with van der Waals surface area (Å²) in [6, 6.07) is 8.45. The van der Waals surface area contributed by atoms with Crippen molar-refractivity contribution in [1.29, 1.82) is 0 Å². The fraction of sp³-hybridized carbons (Fsp3) is 0.267. The Morgan fingerprint density at radius 2 is 2.08 bits per heavy atom. The number of benzene rings is 1. The Hall–Kier alpha value is -3.23. The number of anilines is 1. The van der Waals surface area contributed by atoms with Crippen molar-refractivity contribution >= 4 is 23.2 Å². The van der Waals surface area contributed by atoms with Gasteiger partial charge in [0.2, 0.25) is 5.91 Å². The number of amides is 2. The van der Waals surface area contributed by atoms with Crippen LogP contribution in [-0.2, 0) is 23.2 Å². The molecule has 0 aliphatic carbocycles. The average molecular weight is 327 g/mol. The van der Waals surface area contributed by atoms with Crippen LogP contribution >= 0.6 is 0 Å². The van der Waals surface area contributed by atoms with E-state index in [9.17, 15) is 9.59 Å². The molecule has 1 atom stereocenters. The monoisotopic (exact) mass is 327 g/mol. The number of hydrazone groups is 1. The number of carbonyl (C=O) groups is 2. The van der Waals surface area contributed by atoms with Crippen LogP contribution in [0.4, 0.5) is 5.69 Å². The molecule has 1 aromatic heterocycles. The Morgan fingerprint density at radius 1 is 1.33 bits per heavy atom. The van der Waals surface area contributed by atoms with Crippen LogP contribution in [0.2, 0.25) is 0 Å². The SMILES string of the molecule is Cn1cnnc1CNC(=O)C1=NN(c2ccccc2)C(C(N)=O)C1. The molecule has 1 unspecified atom stereocenters. The van der Waals surface area contributed by atoms with Crippen molar-refractivity contribution in [2.24, 2.45) is 17.9 Å². The predicted octanol–water partition coefficient (Wildman–Crippen LogP) is -0.448. The summed E-state index contributed by atoms with van der Waals surface area (Å²) in [4.78, 5) is 24.0. The first-order valence-electron chi connectivity index (χ1n) is 7.38. The molecule has 0 fully saturated rings. The van der Waals surface area contributed by atoms with Crippen molar-refractivity contribution in [1.82, 2.24) is 20.1 Å². The summed E-state index contributed by atoms with van der Waals surface area (Å²) < 4.78 is 1.71. The summed E-state index contributed by atoms with van der Waals surface area (Å²) in [6.45, 7) is 0.223. The first kappa shape index (κ1) is 15.7. The molecule has 9 heteroatoms. The minimum absolute atomic E-state index is 0.162. The average Bonchev–Trinajstić information content (AvgIpc) is 3.20. The Morgan fingerprint density at radius 3 is 2.71 bits per heavy atom. The number of hydrogen-bond acceptors (Lipinski definition) is 6. The number of aromatic nitrogens is 3. The summed E-state index contributed by atoms with van der Waals surface area (Å²) >= 11 is 0. The van der Waals surface area contributed by atoms with E-state index in [1.54, 1.807) is 30.1 Å². The van der Waals surface area contributed by atoms with Crippen LogP contribution in [0.25, 0.3) is 0 Å². The number of aryl methyl sites for hydroxylation is 1. The van der Waals surface area contributed by atoms with Crippen LogP contribution in [-0.4, -0.2) is 38.3 Å². The zero-order valence-electron chi connectivity index (χ0n) is 13.1. The van der Waals surface area contributed by atoms with E-state index in [0.29, 0.717) is 11.5 Å². The van der Waals surface area contributed by atoms with Gasteiger partial charge in [-0.3, -0.25) is 14.6 Å². The molecule has 0 saturated heterocycles. The molecule has 2 heterocycles. The standard InChI is InChI=1S/C15H17N7O2/c1-21-9-18-19-13(21)8-17-15(24)11-7-12(14(16)23)22(20-11)10-5-3-2-4-6-10/h2-6,9,12H,7-8H2,1H3,(H2,16,23)(H,17,24). The molecular formula is C15H17N7O2. The maximum absolute atomic E-state index is 12.3. The summed E-state index contributed by atoms with van der Waals surface area (Å²) in [5.74, 6) is -0.269. The van der Waals surface area contributed by atoms with E-state index in [1.165, 1.54) is 5.01 Å². The lowest BCUT2D eigenvalue weighted by Gasteiger charge is -2.20. The van der Waals surface area contributed by atoms with Gasteiger partial charge in [-0.1, -0.05) is 18.2 Å². The van der Waals surface area contributed by atoms with Gasteiger partial charge in [0.25, 0.3) is 5.91 Å². The van der Waals surface area contributed by atoms with Gasteiger partial charge in [0.05, 0.1) is 12.2 Å². The Balaban J connectivity index is 1.74. The van der Waals surface area contributed by atoms with Gasteiger partial charge in [-0.25, -0.2) is 0 Å². The quantitative estimate of drug-likeness (QED) is 0.771. The van der Waals surface area contributed by atoms with Crippen molar-refractivity contribution in [3.05, 3.63) is 42.5 Å². The Kier molecular flexibility index (Phi) is 4.23. The minimum atomic E-state index is -0.678. The molecule has 2 amide bonds. The van der Waals surface area contributed by atoms with Crippen molar-refractivity contribution in [3.63, 3.8) is 0 Å². The van der Waals surface area contributed by atoms with Gasteiger partial charge in [0.15, 0.2) is 5.82 Å². The molecule has 1 aliphatic rings. The maximum Gasteiger partial charge on any atom is 0.267 e. The third-order valence-electron chi connectivity index (χ3n) is 3.73. The summed E-state index contributed by atoms with van der Waals surface area (Å²) in [5.41, 5.74) is 6.41. The van der Waals surface area contributed by atoms with Gasteiger partial charge in [-0.2, -0.15) is 5.10 Å². The Labute approximate surface area is 138 Å². The number of nitrogens with one attached hydrogen (secondary N) is 1. The molecule has 124 valence electrons. The predicted molar refractivity (Wildman–Crippen MR) is 86.8 cm³/mol. The lowest BCUT2D eigenvalue weighted by molar-refractivity contribution is -0.119. The molecule has 1 aromatic carbocycles. The van der Waals surface area contributed by atoms with E-state index < -0.39 is 11.9 Å². The molecule has 3 N–H and O–H groups in total. The molecule has 3 rings (SSSR count). The summed E-state index contributed by atoms with van der Waals surface area (Å²) in [6.07, 6.45) is 1.71. The first-order valence-corrected chi connectivity index (χ1v) is 7.38. The number of carbonyl (C=O) groups excluding carboxylic acids is 2. The van der Waals surface area contributed by atoms with E-state index in [-0.39, 0.29) is 24.6 Å². The molecule has 0 radical (unpaired) electrons. The van der Waals surface area contributed by atoms with Crippen LogP contribution in [0.1, 0.15) is 12.2 Å². The second kappa shape index (κ2) is 6.49. The van der Waals surface area contributed by atoms with Crippen molar-refractivity contribution in [2.45, 2.75) is 19.0 Å². The summed E-state index contributed by atoms with van der Waals surface area (Å²) in [5, 5.41) is 16.1. The summed E-state index contributed by atoms with van der Waals surface area (Å²) in [7, 11) is 1.79. The highest BCUT2D eigenvalue weighted by atomic mass is 16.2. The second-order valence-electron chi connectivity index (χ2n) is 5.39. The number of nitrogens with zero attached hydrogens (tertiary/aromatic N) is 5. The fourth-order valence-electron chi connectivity index (χ4n) is 2.42. The third kappa shape index (κ3) is 3.09. The smallest absolute Gasteiger partial charge is 0.267 e. The highest BCUT2D eigenvalue weighted by Gasteiger charge is 2.34. The van der Waals surface area contributed by atoms with E-state index in [2.05, 4.69) is 20.6 Å². The lowest BCUT2D eigenvalue weighted by atomic mass is 10.1. The fourth-order valence-corrected chi connectivity index (χ4v) is 2.42. The van der Waals surface area contributed by atoms with Crippen molar-refractivity contribution in [3.8, 4) is 0 Å². The molecule has 0 saturated carbocycles. The normalized spacial score (nSPS) is 16.8. The number of rotatable bonds is 5. The maximum atomic E-state index is 12.3. The zero-order valence-corrected chi connectivity index (χ0v) is 13.1. The second-order valence-corrected chi connectivity index (χ2v) is 5.39. The first-order chi connectivity index (χ1) is 11.6. The van der Waals surface area contributed by atoms with Crippen LogP contribution in [0.3, 0.4) is 0 Å². The van der Waals surface area contributed by atoms with E-state index in [0.717, 1.165) is 0 Å².